The summed E-state index contributed by atoms with van der Waals surface area (Å²) in [4.78, 5) is 25.0. The summed E-state index contributed by atoms with van der Waals surface area (Å²) < 4.78 is 11.2. The predicted molar refractivity (Wildman–Crippen MR) is 89.2 cm³/mol. The molecule has 1 aromatic carbocycles. The second-order valence-electron chi connectivity index (χ2n) is 6.96. The average molecular weight is 335 g/mol. The van der Waals surface area contributed by atoms with Gasteiger partial charge in [-0.05, 0) is 44.9 Å². The Morgan fingerprint density at radius 2 is 2.04 bits per heavy atom. The summed E-state index contributed by atoms with van der Waals surface area (Å²) in [6, 6.07) is 6.76. The number of hydrogen-bond donors (Lipinski definition) is 1. The second kappa shape index (κ2) is 7.11. The van der Waals surface area contributed by atoms with Crippen LogP contribution < -0.4 is 4.74 Å². The zero-order valence-corrected chi connectivity index (χ0v) is 14.6. The molecular formula is C18H25NO5. The van der Waals surface area contributed by atoms with E-state index in [0.29, 0.717) is 5.75 Å². The smallest absolute Gasteiger partial charge is 0.411 e. The van der Waals surface area contributed by atoms with Crippen LogP contribution in [0.5, 0.6) is 5.75 Å². The summed E-state index contributed by atoms with van der Waals surface area (Å²) in [6.07, 6.45) is 0.142. The Morgan fingerprint density at radius 3 is 2.62 bits per heavy atom. The number of amides is 1. The quantitative estimate of drug-likeness (QED) is 0.915. The summed E-state index contributed by atoms with van der Waals surface area (Å²) in [6.45, 7) is 7.50. The number of carbonyl (C=O) groups is 2. The molecule has 1 aliphatic heterocycles. The van der Waals surface area contributed by atoms with Crippen molar-refractivity contribution in [2.45, 2.75) is 58.3 Å². The van der Waals surface area contributed by atoms with Gasteiger partial charge in [-0.15, -0.1) is 0 Å². The fraction of sp³-hybridized carbons (Fsp3) is 0.556. The molecule has 1 amide bonds. The first-order chi connectivity index (χ1) is 11.2. The molecule has 0 bridgehead atoms. The van der Waals surface area contributed by atoms with Crippen LogP contribution in [0, 0.1) is 0 Å². The number of hydrogen-bond acceptors (Lipinski definition) is 4. The predicted octanol–water partition coefficient (Wildman–Crippen LogP) is 3.09. The van der Waals surface area contributed by atoms with E-state index in [1.54, 1.807) is 20.8 Å². The number of carbonyl (C=O) groups excluding carboxylic acids is 1. The van der Waals surface area contributed by atoms with Gasteiger partial charge in [0, 0.05) is 6.42 Å². The van der Waals surface area contributed by atoms with Crippen LogP contribution in [0.15, 0.2) is 24.3 Å². The monoisotopic (exact) mass is 335 g/mol. The zero-order chi connectivity index (χ0) is 17.9. The van der Waals surface area contributed by atoms with Crippen molar-refractivity contribution >= 4 is 12.1 Å². The van der Waals surface area contributed by atoms with Crippen LogP contribution in [-0.2, 0) is 16.0 Å². The third kappa shape index (κ3) is 4.63. The van der Waals surface area contributed by atoms with Crippen molar-refractivity contribution in [3.05, 3.63) is 29.8 Å². The van der Waals surface area contributed by atoms with Gasteiger partial charge >= 0.3 is 12.1 Å². The number of aliphatic carboxylic acids is 1. The molecule has 0 aliphatic carbocycles. The number of aryl methyl sites for hydroxylation is 1. The van der Waals surface area contributed by atoms with E-state index in [1.807, 2.05) is 24.3 Å². The van der Waals surface area contributed by atoms with Crippen LogP contribution in [0.1, 0.15) is 39.7 Å². The minimum Gasteiger partial charge on any atom is -0.488 e. The Kier molecular flexibility index (Phi) is 5.36. The molecule has 0 radical (unpaired) electrons. The van der Waals surface area contributed by atoms with Crippen molar-refractivity contribution in [2.75, 3.05) is 6.54 Å². The Morgan fingerprint density at radius 1 is 1.33 bits per heavy atom. The van der Waals surface area contributed by atoms with E-state index >= 15 is 0 Å². The fourth-order valence-electron chi connectivity index (χ4n) is 2.67. The van der Waals surface area contributed by atoms with E-state index in [2.05, 4.69) is 6.92 Å². The van der Waals surface area contributed by atoms with Gasteiger partial charge in [0.15, 0.2) is 0 Å². The third-order valence-electron chi connectivity index (χ3n) is 3.79. The van der Waals surface area contributed by atoms with E-state index < -0.39 is 23.7 Å². The molecular weight excluding hydrogens is 310 g/mol. The number of carboxylic acid groups (broad SMARTS) is 1. The molecule has 1 aliphatic rings. The average Bonchev–Trinajstić information content (AvgIpc) is 2.90. The molecule has 1 saturated heterocycles. The second-order valence-corrected chi connectivity index (χ2v) is 6.96. The molecule has 2 rings (SSSR count). The Bertz CT molecular complexity index is 608. The summed E-state index contributed by atoms with van der Waals surface area (Å²) in [5.74, 6) is -0.358. The minimum atomic E-state index is -1.05. The van der Waals surface area contributed by atoms with Crippen LogP contribution in [0.2, 0.25) is 0 Å². The molecule has 0 saturated carbocycles. The van der Waals surface area contributed by atoms with Crippen molar-refractivity contribution in [2.24, 2.45) is 0 Å². The van der Waals surface area contributed by atoms with Crippen molar-refractivity contribution in [1.82, 2.24) is 4.90 Å². The van der Waals surface area contributed by atoms with E-state index in [1.165, 1.54) is 4.90 Å². The Labute approximate surface area is 142 Å². The van der Waals surface area contributed by atoms with E-state index in [0.717, 1.165) is 12.0 Å². The number of carboxylic acids is 1. The van der Waals surface area contributed by atoms with Gasteiger partial charge in [-0.25, -0.2) is 9.59 Å². The topological polar surface area (TPSA) is 76.1 Å². The number of likely N-dealkylation sites (tertiary alicyclic amines) is 1. The lowest BCUT2D eigenvalue weighted by molar-refractivity contribution is -0.142. The Balaban J connectivity index is 2.08. The normalized spacial score (nSPS) is 20.8. The molecule has 6 heteroatoms. The molecule has 6 nitrogen and oxygen atoms in total. The lowest BCUT2D eigenvalue weighted by atomic mass is 10.1. The molecule has 1 N–H and O–H groups in total. The van der Waals surface area contributed by atoms with Crippen molar-refractivity contribution < 1.29 is 24.2 Å². The molecule has 0 aromatic heterocycles. The zero-order valence-electron chi connectivity index (χ0n) is 14.6. The molecule has 0 spiro atoms. The molecule has 1 heterocycles. The first-order valence-electron chi connectivity index (χ1n) is 8.17. The van der Waals surface area contributed by atoms with E-state index in [4.69, 9.17) is 9.47 Å². The Hall–Kier alpha value is -2.24. The van der Waals surface area contributed by atoms with Crippen LogP contribution in [-0.4, -0.2) is 46.4 Å². The highest BCUT2D eigenvalue weighted by Gasteiger charge is 2.42. The highest BCUT2D eigenvalue weighted by Crippen LogP contribution is 2.26. The van der Waals surface area contributed by atoms with Crippen molar-refractivity contribution in [3.8, 4) is 5.75 Å². The van der Waals surface area contributed by atoms with Gasteiger partial charge in [0.05, 0.1) is 6.54 Å². The number of ether oxygens (including phenoxy) is 2. The van der Waals surface area contributed by atoms with Crippen molar-refractivity contribution in [3.63, 3.8) is 0 Å². The number of benzene rings is 1. The first-order valence-corrected chi connectivity index (χ1v) is 8.17. The summed E-state index contributed by atoms with van der Waals surface area (Å²) >= 11 is 0. The van der Waals surface area contributed by atoms with Crippen LogP contribution in [0.4, 0.5) is 4.79 Å². The van der Waals surface area contributed by atoms with Gasteiger partial charge in [-0.3, -0.25) is 4.90 Å². The highest BCUT2D eigenvalue weighted by molar-refractivity contribution is 5.81. The van der Waals surface area contributed by atoms with Crippen LogP contribution in [0.3, 0.4) is 0 Å². The van der Waals surface area contributed by atoms with Gasteiger partial charge in [-0.1, -0.05) is 19.1 Å². The fourth-order valence-corrected chi connectivity index (χ4v) is 2.67. The lowest BCUT2D eigenvalue weighted by Crippen LogP contribution is -2.43. The molecule has 132 valence electrons. The van der Waals surface area contributed by atoms with E-state index in [-0.39, 0.29) is 19.1 Å². The minimum absolute atomic E-state index is 0.197. The van der Waals surface area contributed by atoms with Gasteiger partial charge in [0.1, 0.15) is 23.5 Å². The molecule has 2 unspecified atom stereocenters. The first kappa shape index (κ1) is 18.1. The van der Waals surface area contributed by atoms with E-state index in [9.17, 15) is 14.7 Å². The largest absolute Gasteiger partial charge is 0.488 e. The molecule has 2 atom stereocenters. The summed E-state index contributed by atoms with van der Waals surface area (Å²) in [7, 11) is 0. The summed E-state index contributed by atoms with van der Waals surface area (Å²) in [5.41, 5.74) is 0.471. The van der Waals surface area contributed by atoms with Gasteiger partial charge in [0.25, 0.3) is 0 Å². The van der Waals surface area contributed by atoms with Gasteiger partial charge in [0.2, 0.25) is 0 Å². The maximum atomic E-state index is 12.3. The maximum absolute atomic E-state index is 12.3. The molecule has 1 aromatic rings. The van der Waals surface area contributed by atoms with Crippen LogP contribution >= 0.6 is 0 Å². The number of nitrogens with zero attached hydrogens (tertiary/aromatic N) is 1. The highest BCUT2D eigenvalue weighted by atomic mass is 16.6. The summed E-state index contributed by atoms with van der Waals surface area (Å²) in [5, 5.41) is 9.39. The van der Waals surface area contributed by atoms with Gasteiger partial charge < -0.3 is 14.6 Å². The standard InChI is InChI=1S/C18H25NO5/c1-5-12-7-6-8-13(9-12)23-14-10-15(16(20)21)19(11-14)17(22)24-18(2,3)4/h6-9,14-15H,5,10-11H2,1-4H3,(H,20,21). The lowest BCUT2D eigenvalue weighted by Gasteiger charge is -2.26. The van der Waals surface area contributed by atoms with Crippen molar-refractivity contribution in [1.29, 1.82) is 0 Å². The van der Waals surface area contributed by atoms with Crippen LogP contribution in [0.25, 0.3) is 0 Å². The SMILES string of the molecule is CCc1cccc(OC2CC(C(=O)O)N(C(=O)OC(C)(C)C)C2)c1. The van der Waals surface area contributed by atoms with Gasteiger partial charge in [-0.2, -0.15) is 0 Å². The molecule has 24 heavy (non-hydrogen) atoms. The third-order valence-corrected chi connectivity index (χ3v) is 3.79. The molecule has 1 fully saturated rings. The maximum Gasteiger partial charge on any atom is 0.411 e. The number of rotatable bonds is 4.